The van der Waals surface area contributed by atoms with Crippen LogP contribution in [0.3, 0.4) is 0 Å². The van der Waals surface area contributed by atoms with Crippen LogP contribution in [0.4, 0.5) is 0 Å². The number of hydrogen-bond acceptors (Lipinski definition) is 5. The highest BCUT2D eigenvalue weighted by Gasteiger charge is 2.01. The van der Waals surface area contributed by atoms with Crippen LogP contribution in [0.1, 0.15) is 11.4 Å². The van der Waals surface area contributed by atoms with Crippen LogP contribution in [-0.4, -0.2) is 30.2 Å². The van der Waals surface area contributed by atoms with Gasteiger partial charge in [0.2, 0.25) is 0 Å². The minimum atomic E-state index is 0.438. The molecule has 0 aromatic carbocycles. The predicted molar refractivity (Wildman–Crippen MR) is 35.8 cm³/mol. The first-order valence-corrected chi connectivity index (χ1v) is 3.17. The van der Waals surface area contributed by atoms with Crippen LogP contribution in [-0.2, 0) is 0 Å². The molecule has 0 saturated heterocycles. The highest BCUT2D eigenvalue weighted by atomic mass is 15.6. The molecule has 0 atom stereocenters. The Hall–Kier alpha value is -1.59. The largest absolute Gasteiger partial charge is 0.291 e. The summed E-state index contributed by atoms with van der Waals surface area (Å²) in [7, 11) is 0. The fraction of sp³-hybridized carbons (Fsp3) is 0.400. The van der Waals surface area contributed by atoms with Gasteiger partial charge in [-0.25, -0.2) is 4.98 Å². The van der Waals surface area contributed by atoms with Crippen LogP contribution in [0.5, 0.6) is 0 Å². The van der Waals surface area contributed by atoms with Gasteiger partial charge in [0.1, 0.15) is 0 Å². The van der Waals surface area contributed by atoms with E-state index in [9.17, 15) is 0 Å². The first-order chi connectivity index (χ1) is 5.27. The lowest BCUT2D eigenvalue weighted by molar-refractivity contribution is 0.708. The second-order valence-corrected chi connectivity index (χ2v) is 2.25. The Morgan fingerprint density at radius 2 is 2.00 bits per heavy atom. The molecule has 6 heteroatoms. The Kier molecular flexibility index (Phi) is 1.09. The molecule has 2 heterocycles. The monoisotopic (exact) mass is 150 g/mol. The maximum absolute atomic E-state index is 4.10. The molecular formula is C5H6N6. The molecule has 2 aromatic heterocycles. The van der Waals surface area contributed by atoms with Crippen molar-refractivity contribution in [3.05, 3.63) is 11.4 Å². The third-order valence-electron chi connectivity index (χ3n) is 1.47. The number of aromatic nitrogens is 6. The molecule has 2 rings (SSSR count). The maximum Gasteiger partial charge on any atom is 0.291 e. The van der Waals surface area contributed by atoms with Crippen molar-refractivity contribution in [1.82, 2.24) is 30.2 Å². The number of hydrogen-bond donors (Lipinski definition) is 0. The Balaban J connectivity index is 2.86. The molecular weight excluding hydrogens is 144 g/mol. The van der Waals surface area contributed by atoms with E-state index in [0.29, 0.717) is 5.78 Å². The SMILES string of the molecule is Cc1nc2nnnn2nc1C. The van der Waals surface area contributed by atoms with E-state index in [1.54, 1.807) is 0 Å². The molecule has 0 aliphatic rings. The Bertz CT molecular complexity index is 355. The molecule has 2 aromatic rings. The second-order valence-electron chi connectivity index (χ2n) is 2.25. The summed E-state index contributed by atoms with van der Waals surface area (Å²) < 4.78 is 1.31. The quantitative estimate of drug-likeness (QED) is 0.507. The zero-order valence-corrected chi connectivity index (χ0v) is 6.18. The van der Waals surface area contributed by atoms with Crippen LogP contribution in [0.2, 0.25) is 0 Å². The molecule has 11 heavy (non-hydrogen) atoms. The van der Waals surface area contributed by atoms with Crippen LogP contribution >= 0.6 is 0 Å². The fourth-order valence-electron chi connectivity index (χ4n) is 0.755. The van der Waals surface area contributed by atoms with Crippen LogP contribution in [0.15, 0.2) is 0 Å². The minimum Gasteiger partial charge on any atom is -0.212 e. The Labute approximate surface area is 62.3 Å². The maximum atomic E-state index is 4.10. The lowest BCUT2D eigenvalue weighted by Crippen LogP contribution is -2.01. The summed E-state index contributed by atoms with van der Waals surface area (Å²) >= 11 is 0. The van der Waals surface area contributed by atoms with Gasteiger partial charge < -0.3 is 0 Å². The molecule has 0 N–H and O–H groups in total. The van der Waals surface area contributed by atoms with Crippen molar-refractivity contribution in [2.45, 2.75) is 13.8 Å². The molecule has 0 aliphatic heterocycles. The number of tetrazole rings is 1. The Morgan fingerprint density at radius 3 is 2.82 bits per heavy atom. The molecule has 0 saturated carbocycles. The van der Waals surface area contributed by atoms with Crippen molar-refractivity contribution < 1.29 is 0 Å². The van der Waals surface area contributed by atoms with Gasteiger partial charge in [-0.05, 0) is 24.3 Å². The zero-order valence-electron chi connectivity index (χ0n) is 6.18. The van der Waals surface area contributed by atoms with Gasteiger partial charge in [-0.2, -0.15) is 0 Å². The van der Waals surface area contributed by atoms with E-state index >= 15 is 0 Å². The summed E-state index contributed by atoms with van der Waals surface area (Å²) in [5.41, 5.74) is 1.69. The minimum absolute atomic E-state index is 0.438. The first-order valence-electron chi connectivity index (χ1n) is 3.17. The van der Waals surface area contributed by atoms with E-state index < -0.39 is 0 Å². The van der Waals surface area contributed by atoms with Gasteiger partial charge in [0.25, 0.3) is 5.78 Å². The van der Waals surface area contributed by atoms with E-state index in [4.69, 9.17) is 0 Å². The summed E-state index contributed by atoms with van der Waals surface area (Å²) in [4.78, 5) is 4.10. The lowest BCUT2D eigenvalue weighted by atomic mass is 10.4. The Morgan fingerprint density at radius 1 is 1.18 bits per heavy atom. The fourth-order valence-corrected chi connectivity index (χ4v) is 0.755. The van der Waals surface area contributed by atoms with Crippen molar-refractivity contribution in [2.75, 3.05) is 0 Å². The summed E-state index contributed by atoms with van der Waals surface area (Å²) in [6.45, 7) is 3.74. The highest BCUT2D eigenvalue weighted by Crippen LogP contribution is 1.97. The average molecular weight is 150 g/mol. The topological polar surface area (TPSA) is 68.9 Å². The molecule has 6 nitrogen and oxygen atoms in total. The lowest BCUT2D eigenvalue weighted by Gasteiger charge is -1.94. The van der Waals surface area contributed by atoms with E-state index in [1.807, 2.05) is 13.8 Å². The molecule has 0 bridgehead atoms. The second kappa shape index (κ2) is 1.94. The highest BCUT2D eigenvalue weighted by molar-refractivity contribution is 5.23. The number of aryl methyl sites for hydroxylation is 2. The van der Waals surface area contributed by atoms with Crippen LogP contribution in [0, 0.1) is 13.8 Å². The van der Waals surface area contributed by atoms with Crippen molar-refractivity contribution in [2.24, 2.45) is 0 Å². The van der Waals surface area contributed by atoms with E-state index in [-0.39, 0.29) is 0 Å². The van der Waals surface area contributed by atoms with Crippen molar-refractivity contribution >= 4 is 5.78 Å². The van der Waals surface area contributed by atoms with Crippen LogP contribution in [0.25, 0.3) is 5.78 Å². The zero-order chi connectivity index (χ0) is 7.84. The van der Waals surface area contributed by atoms with Gasteiger partial charge in [-0.15, -0.1) is 5.10 Å². The van der Waals surface area contributed by atoms with E-state index in [0.717, 1.165) is 11.4 Å². The summed E-state index contributed by atoms with van der Waals surface area (Å²) in [5.74, 6) is 0.438. The summed E-state index contributed by atoms with van der Waals surface area (Å²) in [6, 6.07) is 0. The smallest absolute Gasteiger partial charge is 0.212 e. The predicted octanol–water partition coefficient (Wildman–Crippen LogP) is -0.469. The molecule has 0 amide bonds. The molecule has 0 spiro atoms. The molecule has 56 valence electrons. The van der Waals surface area contributed by atoms with Crippen LogP contribution < -0.4 is 0 Å². The van der Waals surface area contributed by atoms with E-state index in [1.165, 1.54) is 4.63 Å². The van der Waals surface area contributed by atoms with Gasteiger partial charge in [0, 0.05) is 0 Å². The summed E-state index contributed by atoms with van der Waals surface area (Å²) in [6.07, 6.45) is 0. The average Bonchev–Trinajstić information content (AvgIpc) is 2.36. The number of nitrogens with zero attached hydrogens (tertiary/aromatic N) is 6. The van der Waals surface area contributed by atoms with Crippen molar-refractivity contribution in [1.29, 1.82) is 0 Å². The van der Waals surface area contributed by atoms with Gasteiger partial charge >= 0.3 is 0 Å². The van der Waals surface area contributed by atoms with Gasteiger partial charge in [-0.1, -0.05) is 9.73 Å². The normalized spacial score (nSPS) is 10.7. The number of rotatable bonds is 0. The molecule has 0 radical (unpaired) electrons. The van der Waals surface area contributed by atoms with E-state index in [2.05, 4.69) is 25.6 Å². The third kappa shape index (κ3) is 0.830. The van der Waals surface area contributed by atoms with Gasteiger partial charge in [0.15, 0.2) is 0 Å². The molecule has 0 fully saturated rings. The van der Waals surface area contributed by atoms with Crippen molar-refractivity contribution in [3.63, 3.8) is 0 Å². The summed E-state index contributed by atoms with van der Waals surface area (Å²) in [5, 5.41) is 14.7. The first kappa shape index (κ1) is 6.14. The molecule has 0 unspecified atom stereocenters. The standard InChI is InChI=1S/C5H6N6/c1-3-4(2)8-11-5(6-3)7-9-10-11/h1-2H3. The van der Waals surface area contributed by atoms with Gasteiger partial charge in [-0.3, -0.25) is 0 Å². The van der Waals surface area contributed by atoms with Gasteiger partial charge in [0.05, 0.1) is 11.4 Å². The number of fused-ring (bicyclic) bond motifs is 1. The van der Waals surface area contributed by atoms with Crippen molar-refractivity contribution in [3.8, 4) is 0 Å². The molecule has 0 aliphatic carbocycles. The third-order valence-corrected chi connectivity index (χ3v) is 1.47.